The molecule has 0 aromatic carbocycles. The average Bonchev–Trinajstić information content (AvgIpc) is 2.35. The third-order valence-corrected chi connectivity index (χ3v) is 2.58. The number of aliphatic hydroxyl groups is 5. The maximum atomic E-state index is 10.5. The van der Waals surface area contributed by atoms with E-state index in [1.807, 2.05) is 0 Å². The second-order valence-electron chi connectivity index (χ2n) is 3.82. The molecular formula is C9H15O9-. The lowest BCUT2D eigenvalue weighted by molar-refractivity contribution is -0.344. The zero-order valence-corrected chi connectivity index (χ0v) is 9.25. The van der Waals surface area contributed by atoms with Crippen molar-refractivity contribution in [2.75, 3.05) is 13.2 Å². The molecule has 1 fully saturated rings. The highest BCUT2D eigenvalue weighted by molar-refractivity contribution is 5.70. The summed E-state index contributed by atoms with van der Waals surface area (Å²) in [5.74, 6) is -1.73. The molecule has 9 nitrogen and oxygen atoms in total. The first-order valence-corrected chi connectivity index (χ1v) is 5.20. The van der Waals surface area contributed by atoms with E-state index in [0.29, 0.717) is 0 Å². The monoisotopic (exact) mass is 267 g/mol. The summed E-state index contributed by atoms with van der Waals surface area (Å²) >= 11 is 0. The average molecular weight is 267 g/mol. The highest BCUT2D eigenvalue weighted by atomic mass is 16.7. The first-order chi connectivity index (χ1) is 8.42. The first-order valence-electron chi connectivity index (χ1n) is 5.20. The third kappa shape index (κ3) is 3.14. The fourth-order valence-corrected chi connectivity index (χ4v) is 1.51. The Hall–Kier alpha value is -0.810. The Labute approximate surface area is 102 Å². The van der Waals surface area contributed by atoms with Gasteiger partial charge in [-0.3, -0.25) is 0 Å². The number of aliphatic hydroxyl groups excluding tert-OH is 5. The molecular weight excluding hydrogens is 252 g/mol. The van der Waals surface area contributed by atoms with E-state index in [2.05, 4.69) is 0 Å². The van der Waals surface area contributed by atoms with E-state index in [1.54, 1.807) is 0 Å². The fraction of sp³-hybridized carbons (Fsp3) is 0.889. The van der Waals surface area contributed by atoms with Crippen LogP contribution in [0.25, 0.3) is 0 Å². The van der Waals surface area contributed by atoms with Crippen molar-refractivity contribution < 1.29 is 44.9 Å². The molecule has 0 aromatic rings. The van der Waals surface area contributed by atoms with Gasteiger partial charge in [0.1, 0.15) is 30.5 Å². The standard InChI is InChI=1S/C9H16O9/c10-1-3-5(12)6(13)7(14)9(17-3)18-4(2-11)8(15)16/h3-7,9-14H,1-2H2,(H,15,16)/p-1/t3?,4-,5+,6-,7?,9+/m0/s1. The van der Waals surface area contributed by atoms with Crippen LogP contribution >= 0.6 is 0 Å². The van der Waals surface area contributed by atoms with Crippen molar-refractivity contribution in [3.8, 4) is 0 Å². The van der Waals surface area contributed by atoms with Crippen LogP contribution in [-0.4, -0.2) is 81.5 Å². The summed E-state index contributed by atoms with van der Waals surface area (Å²) in [7, 11) is 0. The SMILES string of the molecule is O=C([O-])[C@H](CO)O[C@H]1OC(CO)[C@@H](O)[C@H](O)C1O. The number of rotatable bonds is 5. The van der Waals surface area contributed by atoms with Gasteiger partial charge in [-0.1, -0.05) is 0 Å². The van der Waals surface area contributed by atoms with Gasteiger partial charge in [0.25, 0.3) is 0 Å². The number of carboxylic acid groups (broad SMARTS) is 1. The predicted molar refractivity (Wildman–Crippen MR) is 50.7 cm³/mol. The lowest BCUT2D eigenvalue weighted by atomic mass is 9.99. The molecule has 0 amide bonds. The van der Waals surface area contributed by atoms with E-state index in [-0.39, 0.29) is 0 Å². The fourth-order valence-electron chi connectivity index (χ4n) is 1.51. The Morgan fingerprint density at radius 3 is 2.28 bits per heavy atom. The minimum Gasteiger partial charge on any atom is -0.547 e. The Bertz CT molecular complexity index is 281. The van der Waals surface area contributed by atoms with Crippen LogP contribution in [0.4, 0.5) is 0 Å². The first kappa shape index (κ1) is 15.2. The van der Waals surface area contributed by atoms with Crippen LogP contribution in [0.2, 0.25) is 0 Å². The molecule has 1 aliphatic heterocycles. The Balaban J connectivity index is 2.72. The molecule has 0 saturated carbocycles. The topological polar surface area (TPSA) is 160 Å². The lowest BCUT2D eigenvalue weighted by Crippen LogP contribution is -2.60. The summed E-state index contributed by atoms with van der Waals surface area (Å²) in [6.45, 7) is -1.59. The number of carbonyl (C=O) groups is 1. The van der Waals surface area contributed by atoms with E-state index in [1.165, 1.54) is 0 Å². The van der Waals surface area contributed by atoms with Gasteiger partial charge >= 0.3 is 0 Å². The molecule has 0 radical (unpaired) electrons. The summed E-state index contributed by atoms with van der Waals surface area (Å²) in [4.78, 5) is 10.5. The van der Waals surface area contributed by atoms with E-state index in [4.69, 9.17) is 19.7 Å². The maximum Gasteiger partial charge on any atom is 0.187 e. The molecule has 0 spiro atoms. The van der Waals surface area contributed by atoms with Crippen LogP contribution in [0, 0.1) is 0 Å². The second-order valence-corrected chi connectivity index (χ2v) is 3.82. The minimum absolute atomic E-state index is 0.667. The quantitative estimate of drug-likeness (QED) is 0.328. The van der Waals surface area contributed by atoms with Crippen molar-refractivity contribution in [3.05, 3.63) is 0 Å². The lowest BCUT2D eigenvalue weighted by Gasteiger charge is -2.40. The van der Waals surface area contributed by atoms with E-state index in [0.717, 1.165) is 0 Å². The van der Waals surface area contributed by atoms with Crippen molar-refractivity contribution in [2.24, 2.45) is 0 Å². The molecule has 1 rings (SSSR count). The summed E-state index contributed by atoms with van der Waals surface area (Å²) in [5, 5.41) is 56.4. The molecule has 6 atom stereocenters. The molecule has 0 bridgehead atoms. The van der Waals surface area contributed by atoms with Gasteiger partial charge in [0, 0.05) is 0 Å². The molecule has 0 aliphatic carbocycles. The predicted octanol–water partition coefficient (Wildman–Crippen LogP) is -5.09. The van der Waals surface area contributed by atoms with Gasteiger partial charge in [0.2, 0.25) is 0 Å². The van der Waals surface area contributed by atoms with Gasteiger partial charge in [-0.2, -0.15) is 0 Å². The smallest absolute Gasteiger partial charge is 0.187 e. The Morgan fingerprint density at radius 2 is 1.83 bits per heavy atom. The van der Waals surface area contributed by atoms with Gasteiger partial charge in [-0.25, -0.2) is 0 Å². The van der Waals surface area contributed by atoms with Crippen molar-refractivity contribution >= 4 is 5.97 Å². The van der Waals surface area contributed by atoms with E-state index in [9.17, 15) is 25.2 Å². The van der Waals surface area contributed by atoms with Gasteiger partial charge in [-0.15, -0.1) is 0 Å². The van der Waals surface area contributed by atoms with Crippen LogP contribution in [0.15, 0.2) is 0 Å². The van der Waals surface area contributed by atoms with Crippen LogP contribution in [-0.2, 0) is 14.3 Å². The van der Waals surface area contributed by atoms with Gasteiger partial charge in [0.15, 0.2) is 6.29 Å². The molecule has 18 heavy (non-hydrogen) atoms. The van der Waals surface area contributed by atoms with Gasteiger partial charge in [-0.05, 0) is 0 Å². The molecule has 9 heteroatoms. The van der Waals surface area contributed by atoms with Crippen molar-refractivity contribution in [3.63, 3.8) is 0 Å². The molecule has 2 unspecified atom stereocenters. The number of carboxylic acids is 1. The molecule has 106 valence electrons. The summed E-state index contributed by atoms with van der Waals surface area (Å²) < 4.78 is 9.58. The van der Waals surface area contributed by atoms with E-state index >= 15 is 0 Å². The summed E-state index contributed by atoms with van der Waals surface area (Å²) in [6.07, 6.45) is -9.56. The van der Waals surface area contributed by atoms with E-state index < -0.39 is 56.0 Å². The largest absolute Gasteiger partial charge is 0.547 e. The van der Waals surface area contributed by atoms with Crippen LogP contribution < -0.4 is 5.11 Å². The summed E-state index contributed by atoms with van der Waals surface area (Å²) in [5.41, 5.74) is 0. The number of ether oxygens (including phenoxy) is 2. The maximum absolute atomic E-state index is 10.5. The second kappa shape index (κ2) is 6.38. The highest BCUT2D eigenvalue weighted by Gasteiger charge is 2.44. The van der Waals surface area contributed by atoms with Crippen molar-refractivity contribution in [2.45, 2.75) is 36.8 Å². The van der Waals surface area contributed by atoms with Crippen LogP contribution in [0.5, 0.6) is 0 Å². The highest BCUT2D eigenvalue weighted by Crippen LogP contribution is 2.22. The van der Waals surface area contributed by atoms with Crippen LogP contribution in [0.1, 0.15) is 0 Å². The zero-order chi connectivity index (χ0) is 13.9. The van der Waals surface area contributed by atoms with Crippen molar-refractivity contribution in [1.29, 1.82) is 0 Å². The Kier molecular flexibility index (Phi) is 5.41. The molecule has 1 heterocycles. The zero-order valence-electron chi connectivity index (χ0n) is 9.25. The molecule has 0 aromatic heterocycles. The van der Waals surface area contributed by atoms with Crippen molar-refractivity contribution in [1.82, 2.24) is 0 Å². The number of carbonyl (C=O) groups excluding carboxylic acids is 1. The minimum atomic E-state index is -1.76. The number of aliphatic carboxylic acids is 1. The molecule has 5 N–H and O–H groups in total. The third-order valence-electron chi connectivity index (χ3n) is 2.58. The number of hydrogen-bond donors (Lipinski definition) is 5. The Morgan fingerprint density at radius 1 is 1.22 bits per heavy atom. The van der Waals surface area contributed by atoms with Crippen LogP contribution in [0.3, 0.4) is 0 Å². The molecule has 1 aliphatic rings. The molecule has 1 saturated heterocycles. The summed E-state index contributed by atoms with van der Waals surface area (Å²) in [6, 6.07) is 0. The van der Waals surface area contributed by atoms with Gasteiger partial charge < -0.3 is 44.9 Å². The number of hydrogen-bond acceptors (Lipinski definition) is 9. The van der Waals surface area contributed by atoms with Gasteiger partial charge in [0.05, 0.1) is 19.2 Å². The normalized spacial score (nSPS) is 38.4.